The third-order valence-electron chi connectivity index (χ3n) is 7.38. The monoisotopic (exact) mass is 630 g/mol. The van der Waals surface area contributed by atoms with Crippen molar-refractivity contribution in [3.63, 3.8) is 0 Å². The Hall–Kier alpha value is -2.99. The molecule has 1 atom stereocenters. The number of ether oxygens (including phenoxy) is 4. The number of carbonyl (C=O) groups is 3. The van der Waals surface area contributed by atoms with Crippen LogP contribution in [0, 0.1) is 11.6 Å². The molecule has 0 aliphatic heterocycles. The van der Waals surface area contributed by atoms with E-state index >= 15 is 0 Å². The van der Waals surface area contributed by atoms with Crippen LogP contribution in [0.15, 0.2) is 36.4 Å². The molecule has 2 bridgehead atoms. The van der Waals surface area contributed by atoms with Crippen LogP contribution in [0.25, 0.3) is 0 Å². The van der Waals surface area contributed by atoms with Crippen molar-refractivity contribution in [3.8, 4) is 11.5 Å². The summed E-state index contributed by atoms with van der Waals surface area (Å²) in [5.41, 5.74) is -0.744. The zero-order valence-electron chi connectivity index (χ0n) is 23.4. The van der Waals surface area contributed by atoms with Gasteiger partial charge in [-0.15, -0.1) is 0 Å². The molecule has 3 aliphatic rings. The summed E-state index contributed by atoms with van der Waals surface area (Å²) in [6.45, 7) is 1.75. The van der Waals surface area contributed by atoms with Crippen LogP contribution in [0.1, 0.15) is 39.0 Å². The summed E-state index contributed by atoms with van der Waals surface area (Å²) in [5.74, 6) is -1.45. The first kappa shape index (κ1) is 33.5. The second kappa shape index (κ2) is 15.5. The van der Waals surface area contributed by atoms with Crippen LogP contribution in [0.4, 0.5) is 8.78 Å². The quantitative estimate of drug-likeness (QED) is 0.257. The summed E-state index contributed by atoms with van der Waals surface area (Å²) in [6, 6.07) is 8.00. The van der Waals surface area contributed by atoms with Crippen LogP contribution in [-0.4, -0.2) is 68.8 Å². The third kappa shape index (κ3) is 9.00. The molecular weight excluding hydrogens is 597 g/mol. The Balaban J connectivity index is 0.000000337. The number of esters is 1. The number of hydrogen-bond acceptors (Lipinski definition) is 8. The Kier molecular flexibility index (Phi) is 12.3. The van der Waals surface area contributed by atoms with E-state index in [1.165, 1.54) is 24.3 Å². The minimum Gasteiger partial charge on any atom is -0.486 e. The molecule has 5 rings (SSSR count). The van der Waals surface area contributed by atoms with E-state index in [1.807, 2.05) is 7.05 Å². The summed E-state index contributed by atoms with van der Waals surface area (Å²) in [5, 5.41) is 6.43. The molecule has 230 valence electrons. The normalized spacial score (nSPS) is 22.4. The molecule has 2 N–H and O–H groups in total. The van der Waals surface area contributed by atoms with Gasteiger partial charge < -0.3 is 29.6 Å². The van der Waals surface area contributed by atoms with E-state index in [4.69, 9.17) is 42.1 Å². The summed E-state index contributed by atoms with van der Waals surface area (Å²) in [7, 11) is 1.91. The molecule has 0 heterocycles. The highest BCUT2D eigenvalue weighted by molar-refractivity contribution is 6.31. The Labute approximate surface area is 253 Å². The number of fused-ring (bicyclic) bond motifs is 3. The highest BCUT2D eigenvalue weighted by Gasteiger charge is 2.56. The maximum absolute atomic E-state index is 13.6. The maximum atomic E-state index is 13.6. The van der Waals surface area contributed by atoms with Crippen LogP contribution in [0.3, 0.4) is 0 Å². The van der Waals surface area contributed by atoms with Crippen molar-refractivity contribution < 1.29 is 42.1 Å². The van der Waals surface area contributed by atoms with Gasteiger partial charge in [-0.2, -0.15) is 0 Å². The van der Waals surface area contributed by atoms with Crippen molar-refractivity contribution in [2.75, 3.05) is 33.5 Å². The van der Waals surface area contributed by atoms with Gasteiger partial charge in [-0.25, -0.2) is 13.6 Å². The molecule has 0 aromatic heterocycles. The number of benzene rings is 2. The fourth-order valence-electron chi connectivity index (χ4n) is 5.07. The number of nitrogens with one attached hydrogen (secondary N) is 2. The highest BCUT2D eigenvalue weighted by Crippen LogP contribution is 2.48. The fraction of sp³-hybridized carbons (Fsp3) is 0.483. The Morgan fingerprint density at radius 3 is 2.10 bits per heavy atom. The van der Waals surface area contributed by atoms with Crippen LogP contribution < -0.4 is 20.1 Å². The minimum atomic E-state index is -0.647. The van der Waals surface area contributed by atoms with E-state index in [1.54, 1.807) is 6.92 Å². The molecule has 0 saturated heterocycles. The second-order valence-corrected chi connectivity index (χ2v) is 10.8. The molecule has 1 unspecified atom stereocenters. The molecule has 1 amide bonds. The van der Waals surface area contributed by atoms with Gasteiger partial charge in [0.2, 0.25) is 0 Å². The SMILES string of the molecule is CCOCC(=O)OC1CC2(NC)CCC1(NC(=O)COc1ccc(Cl)c(F)c1)CC2.O=CCOc1ccc(Cl)c(F)c1. The Morgan fingerprint density at radius 2 is 1.57 bits per heavy atom. The molecule has 0 spiro atoms. The lowest BCUT2D eigenvalue weighted by atomic mass is 9.60. The molecule has 2 aromatic rings. The van der Waals surface area contributed by atoms with Crippen molar-refractivity contribution >= 4 is 41.4 Å². The largest absolute Gasteiger partial charge is 0.486 e. The second-order valence-electron chi connectivity index (χ2n) is 9.97. The van der Waals surface area contributed by atoms with E-state index in [0.29, 0.717) is 37.9 Å². The van der Waals surface area contributed by atoms with Gasteiger partial charge in [-0.05, 0) is 63.9 Å². The van der Waals surface area contributed by atoms with Crippen molar-refractivity contribution in [3.05, 3.63) is 58.1 Å². The minimum absolute atomic E-state index is 0.0140. The van der Waals surface area contributed by atoms with Gasteiger partial charge in [-0.3, -0.25) is 9.59 Å². The van der Waals surface area contributed by atoms with Crippen molar-refractivity contribution in [2.45, 2.75) is 56.2 Å². The zero-order chi connectivity index (χ0) is 30.8. The van der Waals surface area contributed by atoms with Crippen molar-refractivity contribution in [1.29, 1.82) is 0 Å². The van der Waals surface area contributed by atoms with Gasteiger partial charge >= 0.3 is 5.97 Å². The molecule has 42 heavy (non-hydrogen) atoms. The Bertz CT molecular complexity index is 1240. The molecule has 13 heteroatoms. The lowest BCUT2D eigenvalue weighted by molar-refractivity contribution is -0.170. The molecular formula is C29H34Cl2F2N2O7. The molecule has 2 aromatic carbocycles. The van der Waals surface area contributed by atoms with Crippen molar-refractivity contribution in [2.24, 2.45) is 0 Å². The first-order valence-corrected chi connectivity index (χ1v) is 14.2. The van der Waals surface area contributed by atoms with Gasteiger partial charge in [-0.1, -0.05) is 23.2 Å². The van der Waals surface area contributed by atoms with E-state index in [0.717, 1.165) is 25.0 Å². The predicted octanol–water partition coefficient (Wildman–Crippen LogP) is 4.65. The van der Waals surface area contributed by atoms with Crippen LogP contribution >= 0.6 is 23.2 Å². The number of carbonyl (C=O) groups excluding carboxylic acids is 3. The first-order chi connectivity index (χ1) is 20.0. The smallest absolute Gasteiger partial charge is 0.332 e. The van der Waals surface area contributed by atoms with Gasteiger partial charge in [0.1, 0.15) is 42.5 Å². The molecule has 3 saturated carbocycles. The van der Waals surface area contributed by atoms with Gasteiger partial charge in [0.25, 0.3) is 5.91 Å². The third-order valence-corrected chi connectivity index (χ3v) is 7.99. The van der Waals surface area contributed by atoms with E-state index < -0.39 is 29.2 Å². The standard InChI is InChI=1S/C21H28ClFN2O5.C8H6ClFO2/c1-3-28-13-19(27)30-17-11-20(24-2)6-8-21(17,9-7-20)25-18(26)12-29-14-4-5-15(22)16(23)10-14;9-7-2-1-6(5-8(7)10)12-4-3-11/h4-5,10,17,24H,3,6-9,11-13H2,1-2H3,(H,25,26);1-3,5H,4H2. The molecule has 3 fully saturated rings. The topological polar surface area (TPSA) is 112 Å². The summed E-state index contributed by atoms with van der Waals surface area (Å²) < 4.78 is 47.4. The number of hydrogen-bond donors (Lipinski definition) is 2. The predicted molar refractivity (Wildman–Crippen MR) is 152 cm³/mol. The van der Waals surface area contributed by atoms with Crippen LogP contribution in [-0.2, 0) is 23.9 Å². The van der Waals surface area contributed by atoms with E-state index in [-0.39, 0.29) is 47.1 Å². The van der Waals surface area contributed by atoms with Gasteiger partial charge in [0.05, 0.1) is 15.6 Å². The lowest BCUT2D eigenvalue weighted by Gasteiger charge is -2.57. The molecule has 3 aliphatic carbocycles. The van der Waals surface area contributed by atoms with Gasteiger partial charge in [0, 0.05) is 30.7 Å². The zero-order valence-corrected chi connectivity index (χ0v) is 24.9. The average Bonchev–Trinajstić information content (AvgIpc) is 2.98. The number of rotatable bonds is 12. The maximum Gasteiger partial charge on any atom is 0.332 e. The summed E-state index contributed by atoms with van der Waals surface area (Å²) >= 11 is 11.1. The number of aldehydes is 1. The van der Waals surface area contributed by atoms with E-state index in [9.17, 15) is 23.2 Å². The first-order valence-electron chi connectivity index (χ1n) is 13.4. The summed E-state index contributed by atoms with van der Waals surface area (Å²) in [6.07, 6.45) is 3.84. The summed E-state index contributed by atoms with van der Waals surface area (Å²) in [4.78, 5) is 34.7. The molecule has 9 nitrogen and oxygen atoms in total. The van der Waals surface area contributed by atoms with E-state index in [2.05, 4.69) is 10.6 Å². The highest BCUT2D eigenvalue weighted by atomic mass is 35.5. The van der Waals surface area contributed by atoms with Crippen LogP contribution in [0.2, 0.25) is 10.0 Å². The van der Waals surface area contributed by atoms with Crippen LogP contribution in [0.5, 0.6) is 11.5 Å². The fourth-order valence-corrected chi connectivity index (χ4v) is 5.30. The number of amides is 1. The van der Waals surface area contributed by atoms with Gasteiger partial charge in [0.15, 0.2) is 12.9 Å². The van der Waals surface area contributed by atoms with Crippen molar-refractivity contribution in [1.82, 2.24) is 10.6 Å². The lowest BCUT2D eigenvalue weighted by Crippen LogP contribution is -2.70. The Morgan fingerprint density at radius 1 is 0.976 bits per heavy atom. The number of halogens is 4. The average molecular weight is 632 g/mol. The molecule has 0 radical (unpaired) electrons.